The summed E-state index contributed by atoms with van der Waals surface area (Å²) in [5.41, 5.74) is 1.98. The van der Waals surface area contributed by atoms with Gasteiger partial charge in [0, 0.05) is 23.9 Å². The van der Waals surface area contributed by atoms with Crippen molar-refractivity contribution < 1.29 is 9.47 Å². The summed E-state index contributed by atoms with van der Waals surface area (Å²) in [7, 11) is 3.32. The number of para-hydroxylation sites is 1. The molecule has 0 aliphatic heterocycles. The maximum atomic E-state index is 5.37. The van der Waals surface area contributed by atoms with Gasteiger partial charge in [0.2, 0.25) is 0 Å². The number of hydrogen-bond donors (Lipinski definition) is 1. The number of benzene rings is 2. The van der Waals surface area contributed by atoms with Crippen molar-refractivity contribution in [3.8, 4) is 22.9 Å². The van der Waals surface area contributed by atoms with E-state index in [1.165, 1.54) is 0 Å². The van der Waals surface area contributed by atoms with E-state index >= 15 is 0 Å². The molecule has 0 fully saturated rings. The van der Waals surface area contributed by atoms with Crippen LogP contribution in [0.3, 0.4) is 0 Å². The van der Waals surface area contributed by atoms with Crippen LogP contribution in [0.1, 0.15) is 5.56 Å². The summed E-state index contributed by atoms with van der Waals surface area (Å²) < 4.78 is 10.6. The minimum absolute atomic E-state index is 0.624. The fourth-order valence-corrected chi connectivity index (χ4v) is 2.39. The lowest BCUT2D eigenvalue weighted by Crippen LogP contribution is -2.04. The predicted octanol–water partition coefficient (Wildman–Crippen LogP) is 3.77. The highest BCUT2D eigenvalue weighted by molar-refractivity contribution is 5.59. The van der Waals surface area contributed by atoms with E-state index < -0.39 is 0 Å². The van der Waals surface area contributed by atoms with Crippen LogP contribution < -0.4 is 14.8 Å². The molecule has 24 heavy (non-hydrogen) atoms. The van der Waals surface area contributed by atoms with Gasteiger partial charge in [-0.3, -0.25) is 0 Å². The summed E-state index contributed by atoms with van der Waals surface area (Å²) in [5.74, 6) is 3.04. The smallest absolute Gasteiger partial charge is 0.161 e. The molecule has 0 bridgehead atoms. The Morgan fingerprint density at radius 2 is 1.83 bits per heavy atom. The number of hydrogen-bond acceptors (Lipinski definition) is 5. The largest absolute Gasteiger partial charge is 0.497 e. The minimum Gasteiger partial charge on any atom is -0.497 e. The van der Waals surface area contributed by atoms with Gasteiger partial charge in [-0.15, -0.1) is 0 Å². The van der Waals surface area contributed by atoms with E-state index in [1.54, 1.807) is 20.4 Å². The summed E-state index contributed by atoms with van der Waals surface area (Å²) in [6.07, 6.45) is 1.74. The van der Waals surface area contributed by atoms with Crippen molar-refractivity contribution in [2.45, 2.75) is 6.54 Å². The first-order valence-corrected chi connectivity index (χ1v) is 7.63. The number of ether oxygens (including phenoxy) is 2. The van der Waals surface area contributed by atoms with Gasteiger partial charge in [0.05, 0.1) is 14.2 Å². The quantitative estimate of drug-likeness (QED) is 0.749. The summed E-state index contributed by atoms with van der Waals surface area (Å²) in [5, 5.41) is 3.31. The van der Waals surface area contributed by atoms with Crippen molar-refractivity contribution in [2.24, 2.45) is 0 Å². The van der Waals surface area contributed by atoms with Crippen LogP contribution in [0.25, 0.3) is 11.4 Å². The fraction of sp³-hybridized carbons (Fsp3) is 0.158. The second-order valence-corrected chi connectivity index (χ2v) is 5.16. The van der Waals surface area contributed by atoms with Gasteiger partial charge < -0.3 is 14.8 Å². The lowest BCUT2D eigenvalue weighted by Gasteiger charge is -2.10. The molecule has 0 saturated carbocycles. The molecule has 0 aliphatic carbocycles. The molecule has 5 heteroatoms. The summed E-state index contributed by atoms with van der Waals surface area (Å²) in [6.45, 7) is 0.624. The molecule has 0 radical (unpaired) electrons. The molecule has 0 aliphatic rings. The van der Waals surface area contributed by atoms with Crippen molar-refractivity contribution in [3.63, 3.8) is 0 Å². The SMILES string of the molecule is COc1cccc(-c2nccc(NCc3ccccc3OC)n2)c1. The number of rotatable bonds is 6. The maximum Gasteiger partial charge on any atom is 0.161 e. The predicted molar refractivity (Wildman–Crippen MR) is 94.3 cm³/mol. The number of nitrogens with one attached hydrogen (secondary N) is 1. The van der Waals surface area contributed by atoms with Crippen LogP contribution in [0.4, 0.5) is 5.82 Å². The average Bonchev–Trinajstić information content (AvgIpc) is 2.67. The second kappa shape index (κ2) is 7.46. The zero-order valence-corrected chi connectivity index (χ0v) is 13.7. The van der Waals surface area contributed by atoms with Gasteiger partial charge in [0.15, 0.2) is 5.82 Å². The first-order chi connectivity index (χ1) is 11.8. The molecular formula is C19H19N3O2. The molecule has 5 nitrogen and oxygen atoms in total. The Balaban J connectivity index is 1.78. The average molecular weight is 321 g/mol. The third-order valence-electron chi connectivity index (χ3n) is 3.64. The second-order valence-electron chi connectivity index (χ2n) is 5.16. The summed E-state index contributed by atoms with van der Waals surface area (Å²) >= 11 is 0. The molecule has 0 saturated heterocycles. The van der Waals surface area contributed by atoms with Crippen molar-refractivity contribution in [1.29, 1.82) is 0 Å². The Morgan fingerprint density at radius 1 is 0.958 bits per heavy atom. The molecule has 3 rings (SSSR count). The minimum atomic E-state index is 0.624. The Kier molecular flexibility index (Phi) is 4.91. The lowest BCUT2D eigenvalue weighted by molar-refractivity contribution is 0.410. The van der Waals surface area contributed by atoms with Crippen molar-refractivity contribution in [1.82, 2.24) is 9.97 Å². The van der Waals surface area contributed by atoms with E-state index in [0.717, 1.165) is 28.4 Å². The van der Waals surface area contributed by atoms with Gasteiger partial charge in [-0.05, 0) is 24.3 Å². The van der Waals surface area contributed by atoms with Crippen LogP contribution in [0, 0.1) is 0 Å². The Labute approximate surface area is 141 Å². The first-order valence-electron chi connectivity index (χ1n) is 7.63. The normalized spacial score (nSPS) is 10.2. The molecule has 0 atom stereocenters. The van der Waals surface area contributed by atoms with Gasteiger partial charge in [0.1, 0.15) is 17.3 Å². The van der Waals surface area contributed by atoms with Crippen LogP contribution in [0.15, 0.2) is 60.8 Å². The molecule has 3 aromatic rings. The van der Waals surface area contributed by atoms with Gasteiger partial charge in [-0.1, -0.05) is 30.3 Å². The van der Waals surface area contributed by atoms with E-state index in [4.69, 9.17) is 9.47 Å². The van der Waals surface area contributed by atoms with Crippen molar-refractivity contribution >= 4 is 5.82 Å². The molecule has 0 spiro atoms. The maximum absolute atomic E-state index is 5.37. The third kappa shape index (κ3) is 3.63. The Bertz CT molecular complexity index is 821. The van der Waals surface area contributed by atoms with Crippen LogP contribution >= 0.6 is 0 Å². The van der Waals surface area contributed by atoms with Crippen LogP contribution in [0.2, 0.25) is 0 Å². The van der Waals surface area contributed by atoms with Gasteiger partial charge >= 0.3 is 0 Å². The van der Waals surface area contributed by atoms with E-state index in [-0.39, 0.29) is 0 Å². The van der Waals surface area contributed by atoms with Gasteiger partial charge in [-0.2, -0.15) is 0 Å². The number of nitrogens with zero attached hydrogens (tertiary/aromatic N) is 2. The van der Waals surface area contributed by atoms with E-state index in [2.05, 4.69) is 15.3 Å². The summed E-state index contributed by atoms with van der Waals surface area (Å²) in [4.78, 5) is 8.91. The molecule has 1 heterocycles. The molecule has 2 aromatic carbocycles. The van der Waals surface area contributed by atoms with Gasteiger partial charge in [-0.25, -0.2) is 9.97 Å². The standard InChI is InChI=1S/C19H19N3O2/c1-23-16-8-5-7-14(12-16)19-20-11-10-18(22-19)21-13-15-6-3-4-9-17(15)24-2/h3-12H,13H2,1-2H3,(H,20,21,22). The van der Waals surface area contributed by atoms with Crippen LogP contribution in [0.5, 0.6) is 11.5 Å². The highest BCUT2D eigenvalue weighted by Gasteiger charge is 2.06. The Morgan fingerprint density at radius 3 is 2.67 bits per heavy atom. The van der Waals surface area contributed by atoms with E-state index in [1.807, 2.05) is 54.6 Å². The highest BCUT2D eigenvalue weighted by Crippen LogP contribution is 2.22. The molecule has 1 aromatic heterocycles. The first kappa shape index (κ1) is 15.8. The number of aromatic nitrogens is 2. The van der Waals surface area contributed by atoms with Crippen molar-refractivity contribution in [2.75, 3.05) is 19.5 Å². The topological polar surface area (TPSA) is 56.3 Å². The molecule has 1 N–H and O–H groups in total. The molecular weight excluding hydrogens is 302 g/mol. The molecule has 122 valence electrons. The summed E-state index contributed by atoms with van der Waals surface area (Å²) in [6, 6.07) is 17.4. The van der Waals surface area contributed by atoms with Gasteiger partial charge in [0.25, 0.3) is 0 Å². The monoisotopic (exact) mass is 321 g/mol. The van der Waals surface area contributed by atoms with Crippen molar-refractivity contribution in [3.05, 3.63) is 66.4 Å². The molecule has 0 amide bonds. The van der Waals surface area contributed by atoms with Crippen LogP contribution in [-0.4, -0.2) is 24.2 Å². The Hall–Kier alpha value is -3.08. The highest BCUT2D eigenvalue weighted by atomic mass is 16.5. The fourth-order valence-electron chi connectivity index (χ4n) is 2.39. The van der Waals surface area contributed by atoms with E-state index in [9.17, 15) is 0 Å². The zero-order chi connectivity index (χ0) is 16.8. The van der Waals surface area contributed by atoms with Crippen LogP contribution in [-0.2, 0) is 6.54 Å². The zero-order valence-electron chi connectivity index (χ0n) is 13.7. The number of anilines is 1. The lowest BCUT2D eigenvalue weighted by atomic mass is 10.2. The number of methoxy groups -OCH3 is 2. The molecule has 0 unspecified atom stereocenters. The van der Waals surface area contributed by atoms with E-state index in [0.29, 0.717) is 12.4 Å². The third-order valence-corrected chi connectivity index (χ3v) is 3.64.